The van der Waals surface area contributed by atoms with Crippen LogP contribution in [0.5, 0.6) is 17.2 Å². The van der Waals surface area contributed by atoms with E-state index in [4.69, 9.17) is 14.2 Å². The third-order valence-corrected chi connectivity index (χ3v) is 2.90. The molecular formula is C12H14O5. The quantitative estimate of drug-likeness (QED) is 0.869. The van der Waals surface area contributed by atoms with E-state index in [1.807, 2.05) is 0 Å². The first-order chi connectivity index (χ1) is 7.96. The molecule has 0 saturated carbocycles. The van der Waals surface area contributed by atoms with Gasteiger partial charge in [-0.05, 0) is 19.9 Å². The van der Waals surface area contributed by atoms with Crippen molar-refractivity contribution in [2.75, 3.05) is 13.9 Å². The molecule has 0 aliphatic carbocycles. The van der Waals surface area contributed by atoms with Crippen molar-refractivity contribution in [3.05, 3.63) is 17.7 Å². The zero-order chi connectivity index (χ0) is 12.6. The van der Waals surface area contributed by atoms with E-state index >= 15 is 0 Å². The van der Waals surface area contributed by atoms with Gasteiger partial charge in [0.1, 0.15) is 5.75 Å². The van der Waals surface area contributed by atoms with Crippen LogP contribution in [-0.4, -0.2) is 25.0 Å². The van der Waals surface area contributed by atoms with E-state index in [9.17, 15) is 9.90 Å². The average Bonchev–Trinajstić information content (AvgIpc) is 2.73. The Morgan fingerprint density at radius 2 is 1.94 bits per heavy atom. The fourth-order valence-corrected chi connectivity index (χ4v) is 1.70. The van der Waals surface area contributed by atoms with Gasteiger partial charge < -0.3 is 19.3 Å². The summed E-state index contributed by atoms with van der Waals surface area (Å²) >= 11 is 0. The van der Waals surface area contributed by atoms with Gasteiger partial charge in [0.05, 0.1) is 12.5 Å². The number of fused-ring (bicyclic) bond motifs is 1. The second-order valence-corrected chi connectivity index (χ2v) is 4.34. The lowest BCUT2D eigenvalue weighted by Crippen LogP contribution is -2.29. The van der Waals surface area contributed by atoms with Crippen LogP contribution >= 0.6 is 0 Å². The molecule has 0 spiro atoms. The number of ether oxygens (including phenoxy) is 3. The van der Waals surface area contributed by atoms with Gasteiger partial charge in [-0.1, -0.05) is 0 Å². The second kappa shape index (κ2) is 3.84. The molecule has 0 aromatic heterocycles. The Morgan fingerprint density at radius 1 is 1.35 bits per heavy atom. The normalized spacial score (nSPS) is 13.6. The van der Waals surface area contributed by atoms with Crippen molar-refractivity contribution >= 4 is 5.97 Å². The first-order valence-electron chi connectivity index (χ1n) is 5.18. The molecule has 0 saturated heterocycles. The molecule has 5 heteroatoms. The standard InChI is InChI=1S/C12H14O5/c1-12(2,11(13)14)7-4-9-10(17-6-16-9)5-8(7)15-3/h4-5H,6H2,1-3H3,(H,13,14). The van der Waals surface area contributed by atoms with E-state index in [2.05, 4.69) is 0 Å². The highest BCUT2D eigenvalue weighted by molar-refractivity contribution is 5.82. The molecule has 0 bridgehead atoms. The van der Waals surface area contributed by atoms with Crippen LogP contribution in [0.25, 0.3) is 0 Å². The number of hydrogen-bond acceptors (Lipinski definition) is 4. The number of benzene rings is 1. The molecule has 1 N–H and O–H groups in total. The first kappa shape index (κ1) is 11.6. The molecule has 17 heavy (non-hydrogen) atoms. The maximum absolute atomic E-state index is 11.3. The number of rotatable bonds is 3. The van der Waals surface area contributed by atoms with Crippen molar-refractivity contribution in [3.63, 3.8) is 0 Å². The number of carbonyl (C=O) groups is 1. The van der Waals surface area contributed by atoms with Gasteiger partial charge in [-0.2, -0.15) is 0 Å². The van der Waals surface area contributed by atoms with Crippen LogP contribution in [0.1, 0.15) is 19.4 Å². The average molecular weight is 238 g/mol. The van der Waals surface area contributed by atoms with Crippen molar-refractivity contribution < 1.29 is 24.1 Å². The Morgan fingerprint density at radius 3 is 2.47 bits per heavy atom. The van der Waals surface area contributed by atoms with Crippen molar-refractivity contribution in [2.24, 2.45) is 0 Å². The molecule has 0 atom stereocenters. The predicted molar refractivity (Wildman–Crippen MR) is 59.8 cm³/mol. The predicted octanol–water partition coefficient (Wildman–Crippen LogP) is 1.79. The van der Waals surface area contributed by atoms with Gasteiger partial charge >= 0.3 is 5.97 Å². The van der Waals surface area contributed by atoms with E-state index in [1.54, 1.807) is 26.0 Å². The summed E-state index contributed by atoms with van der Waals surface area (Å²) in [5, 5.41) is 9.24. The molecule has 1 aromatic rings. The van der Waals surface area contributed by atoms with Crippen LogP contribution in [0.15, 0.2) is 12.1 Å². The van der Waals surface area contributed by atoms with Gasteiger partial charge in [-0.15, -0.1) is 0 Å². The summed E-state index contributed by atoms with van der Waals surface area (Å²) in [6.07, 6.45) is 0. The van der Waals surface area contributed by atoms with Crippen LogP contribution in [-0.2, 0) is 10.2 Å². The smallest absolute Gasteiger partial charge is 0.313 e. The van der Waals surface area contributed by atoms with E-state index in [0.29, 0.717) is 22.8 Å². The summed E-state index contributed by atoms with van der Waals surface area (Å²) in [5.74, 6) is 0.693. The molecule has 1 heterocycles. The second-order valence-electron chi connectivity index (χ2n) is 4.34. The van der Waals surface area contributed by atoms with Crippen LogP contribution in [0.3, 0.4) is 0 Å². The minimum Gasteiger partial charge on any atom is -0.496 e. The van der Waals surface area contributed by atoms with E-state index in [1.165, 1.54) is 7.11 Å². The Hall–Kier alpha value is -1.91. The van der Waals surface area contributed by atoms with E-state index in [-0.39, 0.29) is 6.79 Å². The lowest BCUT2D eigenvalue weighted by molar-refractivity contribution is -0.142. The third kappa shape index (κ3) is 1.77. The van der Waals surface area contributed by atoms with E-state index < -0.39 is 11.4 Å². The molecule has 1 aromatic carbocycles. The molecule has 0 unspecified atom stereocenters. The maximum atomic E-state index is 11.3. The summed E-state index contributed by atoms with van der Waals surface area (Å²) in [7, 11) is 1.50. The summed E-state index contributed by atoms with van der Waals surface area (Å²) < 4.78 is 15.7. The Labute approximate surface area is 98.9 Å². The number of aliphatic carboxylic acids is 1. The minimum atomic E-state index is -1.05. The molecule has 0 amide bonds. The maximum Gasteiger partial charge on any atom is 0.313 e. The van der Waals surface area contributed by atoms with Crippen LogP contribution in [0.4, 0.5) is 0 Å². The third-order valence-electron chi connectivity index (χ3n) is 2.90. The fraction of sp³-hybridized carbons (Fsp3) is 0.417. The Kier molecular flexibility index (Phi) is 2.61. The fourth-order valence-electron chi connectivity index (χ4n) is 1.70. The van der Waals surface area contributed by atoms with Crippen molar-refractivity contribution in [1.82, 2.24) is 0 Å². The number of carboxylic acid groups (broad SMARTS) is 1. The summed E-state index contributed by atoms with van der Waals surface area (Å²) in [5.41, 5.74) is -0.483. The van der Waals surface area contributed by atoms with Gasteiger partial charge in [0.15, 0.2) is 11.5 Å². The summed E-state index contributed by atoms with van der Waals surface area (Å²) in [4.78, 5) is 11.3. The van der Waals surface area contributed by atoms with Gasteiger partial charge in [0.2, 0.25) is 6.79 Å². The summed E-state index contributed by atoms with van der Waals surface area (Å²) in [6.45, 7) is 3.39. The largest absolute Gasteiger partial charge is 0.496 e. The van der Waals surface area contributed by atoms with Crippen molar-refractivity contribution in [3.8, 4) is 17.2 Å². The molecule has 0 fully saturated rings. The van der Waals surface area contributed by atoms with Crippen molar-refractivity contribution in [2.45, 2.75) is 19.3 Å². The van der Waals surface area contributed by atoms with E-state index in [0.717, 1.165) is 0 Å². The van der Waals surface area contributed by atoms with Crippen molar-refractivity contribution in [1.29, 1.82) is 0 Å². The number of methoxy groups -OCH3 is 1. The topological polar surface area (TPSA) is 65.0 Å². The first-order valence-corrected chi connectivity index (χ1v) is 5.18. The number of carboxylic acids is 1. The van der Waals surface area contributed by atoms with Gasteiger partial charge in [-0.25, -0.2) is 0 Å². The van der Waals surface area contributed by atoms with Gasteiger partial charge in [-0.3, -0.25) is 4.79 Å². The Balaban J connectivity index is 2.57. The van der Waals surface area contributed by atoms with Gasteiger partial charge in [0, 0.05) is 11.6 Å². The molecule has 1 aliphatic rings. The van der Waals surface area contributed by atoms with Crippen LogP contribution in [0.2, 0.25) is 0 Å². The minimum absolute atomic E-state index is 0.148. The van der Waals surface area contributed by atoms with Gasteiger partial charge in [0.25, 0.3) is 0 Å². The molecule has 5 nitrogen and oxygen atoms in total. The Bertz CT molecular complexity index is 464. The molecule has 92 valence electrons. The zero-order valence-corrected chi connectivity index (χ0v) is 9.94. The highest BCUT2D eigenvalue weighted by Gasteiger charge is 2.34. The molecule has 1 aliphatic heterocycles. The highest BCUT2D eigenvalue weighted by Crippen LogP contribution is 2.42. The number of hydrogen-bond donors (Lipinski definition) is 1. The molecule has 0 radical (unpaired) electrons. The lowest BCUT2D eigenvalue weighted by atomic mass is 9.84. The SMILES string of the molecule is COc1cc2c(cc1C(C)(C)C(=O)O)OCO2. The van der Waals surface area contributed by atoms with Crippen LogP contribution < -0.4 is 14.2 Å². The lowest BCUT2D eigenvalue weighted by Gasteiger charge is -2.22. The van der Waals surface area contributed by atoms with Crippen LogP contribution in [0, 0.1) is 0 Å². The highest BCUT2D eigenvalue weighted by atomic mass is 16.7. The molecular weight excluding hydrogens is 224 g/mol. The zero-order valence-electron chi connectivity index (χ0n) is 9.94. The summed E-state index contributed by atoms with van der Waals surface area (Å²) in [6, 6.07) is 3.32. The monoisotopic (exact) mass is 238 g/mol. The molecule has 2 rings (SSSR count).